The molecule has 0 spiro atoms. The average molecular weight is 1110 g/mol. The van der Waals surface area contributed by atoms with E-state index >= 15 is 0 Å². The van der Waals surface area contributed by atoms with Crippen molar-refractivity contribution in [1.29, 1.82) is 0 Å². The van der Waals surface area contributed by atoms with E-state index in [0.717, 1.165) is 0 Å². The van der Waals surface area contributed by atoms with Gasteiger partial charge in [-0.05, 0) is 19.3 Å². The molecule has 4 atom stereocenters. The number of ether oxygens (including phenoxy) is 8. The number of hydrogen-bond donors (Lipinski definition) is 6. The molecule has 4 unspecified atom stereocenters. The Bertz CT molecular complexity index is 398. The van der Waals surface area contributed by atoms with E-state index in [0.29, 0.717) is 58.9 Å². The van der Waals surface area contributed by atoms with Crippen LogP contribution in [0, 0.1) is 28.4 Å². The molecule has 0 aromatic heterocycles. The molecule has 0 radical (unpaired) electrons. The largest absolute Gasteiger partial charge is 0.553 e. The maximum Gasteiger partial charge on any atom is 0.0976 e. The fraction of sp³-hybridized carbons (Fsp3) is 0.840. The van der Waals surface area contributed by atoms with Crippen LogP contribution in [0.1, 0.15) is 19.3 Å². The van der Waals surface area contributed by atoms with Crippen LogP contribution in [0.15, 0.2) is 0 Å². The maximum atomic E-state index is 9.21. The predicted octanol–water partition coefficient (Wildman–Crippen LogP) is -1.14. The van der Waals surface area contributed by atoms with Gasteiger partial charge in [-0.1, -0.05) is 0 Å². The molecule has 6 N–H and O–H groups in total. The Balaban J connectivity index is -0.000000160. The molecule has 0 aromatic rings. The Morgan fingerprint density at radius 2 is 0.732 bits per heavy atom. The third-order valence-corrected chi connectivity index (χ3v) is 4.10. The van der Waals surface area contributed by atoms with Gasteiger partial charge in [0.05, 0.1) is 64.1 Å². The molecule has 0 amide bonds. The van der Waals surface area contributed by atoms with Crippen LogP contribution >= 0.6 is 0 Å². The van der Waals surface area contributed by atoms with Gasteiger partial charge in [-0.15, -0.1) is 0 Å². The van der Waals surface area contributed by atoms with Crippen molar-refractivity contribution in [2.24, 2.45) is 0 Å². The van der Waals surface area contributed by atoms with Crippen LogP contribution in [0.25, 0.3) is 0 Å². The number of aliphatic hydroxyl groups excluding tert-OH is 6. The van der Waals surface area contributed by atoms with Crippen molar-refractivity contribution in [3.8, 4) is 0 Å². The van der Waals surface area contributed by atoms with Gasteiger partial charge in [0.25, 0.3) is 0 Å². The summed E-state index contributed by atoms with van der Waals surface area (Å²) in [6.45, 7) is 3.70. The zero-order valence-electron chi connectivity index (χ0n) is 24.5. The zero-order chi connectivity index (χ0) is 30.0. The van der Waals surface area contributed by atoms with Crippen LogP contribution in [0.4, 0.5) is 0 Å². The molecule has 16 heteroatoms. The predicted molar refractivity (Wildman–Crippen MR) is 141 cm³/mol. The van der Waals surface area contributed by atoms with E-state index in [4.69, 9.17) is 39.4 Å². The summed E-state index contributed by atoms with van der Waals surface area (Å²) in [5.41, 5.74) is 0. The molecule has 0 aromatic carbocycles. The summed E-state index contributed by atoms with van der Waals surface area (Å²) in [6, 6.07) is 0. The van der Waals surface area contributed by atoms with Gasteiger partial charge in [-0.3, -0.25) is 0 Å². The Labute approximate surface area is 233 Å². The Hall–Kier alpha value is -2.56. The SMILES string of the molecule is [CH2-]OCC(O)CCOCCO.[CH2-]OCC(O)CCOCCO.[CH2-]OCC(O)COCCCOCC(O)CO[CH2-].[Rf].[Rf]. The first-order valence-electron chi connectivity index (χ1n) is 12.6. The van der Waals surface area contributed by atoms with Crippen LogP contribution in [0.3, 0.4) is 0 Å². The van der Waals surface area contributed by atoms with Gasteiger partial charge in [-0.2, -0.15) is 0 Å². The van der Waals surface area contributed by atoms with E-state index < -0.39 is 24.4 Å². The molecule has 0 fully saturated rings. The van der Waals surface area contributed by atoms with Crippen molar-refractivity contribution in [1.82, 2.24) is 0 Å². The van der Waals surface area contributed by atoms with Gasteiger partial charge in [0.15, 0.2) is 0 Å². The molecule has 0 aliphatic carbocycles. The second-order valence-corrected chi connectivity index (χ2v) is 7.85. The quantitative estimate of drug-likeness (QED) is 0.0450. The van der Waals surface area contributed by atoms with E-state index in [1.807, 2.05) is 0 Å². The number of rotatable bonds is 26. The molecule has 41 heavy (non-hydrogen) atoms. The summed E-state index contributed by atoms with van der Waals surface area (Å²) in [4.78, 5) is 0. The van der Waals surface area contributed by atoms with Gasteiger partial charge in [-0.25, -0.2) is 28.4 Å². The van der Waals surface area contributed by atoms with Gasteiger partial charge < -0.3 is 68.5 Å². The molecule has 244 valence electrons. The van der Waals surface area contributed by atoms with Crippen molar-refractivity contribution in [2.45, 2.75) is 43.7 Å². The van der Waals surface area contributed by atoms with E-state index in [1.165, 1.54) is 0 Å². The van der Waals surface area contributed by atoms with Gasteiger partial charge >= 0.3 is 0 Å². The number of hydrogen-bond acceptors (Lipinski definition) is 14. The zero-order valence-corrected chi connectivity index (χ0v) is 37.3. The second kappa shape index (κ2) is 41.9. The molecule has 0 bridgehead atoms. The fourth-order valence-corrected chi connectivity index (χ4v) is 2.28. The first-order valence-corrected chi connectivity index (χ1v) is 12.6. The minimum Gasteiger partial charge on any atom is -0.553 e. The first kappa shape index (κ1) is 48.2. The van der Waals surface area contributed by atoms with Gasteiger partial charge in [0.1, 0.15) is 0 Å². The average Bonchev–Trinajstić information content (AvgIpc) is 2.90. The van der Waals surface area contributed by atoms with Gasteiger partial charge in [0.2, 0.25) is 0 Å². The van der Waals surface area contributed by atoms with Crippen LogP contribution in [-0.2, 0) is 37.9 Å². The molecular weight excluding hydrogens is 1060 g/mol. The van der Waals surface area contributed by atoms with Crippen molar-refractivity contribution >= 4 is 0 Å². The summed E-state index contributed by atoms with van der Waals surface area (Å²) in [6.07, 6.45) is -0.632. The van der Waals surface area contributed by atoms with Crippen molar-refractivity contribution in [3.05, 3.63) is 28.4 Å². The van der Waals surface area contributed by atoms with E-state index in [9.17, 15) is 10.2 Å². The Kier molecular flexibility index (Phi) is 49.3. The van der Waals surface area contributed by atoms with Crippen LogP contribution in [0.5, 0.6) is 0 Å². The standard InChI is InChI=1S/C11H22O6.2C7H15O4.2Rf/c1-14-6-10(12)8-16-4-3-5-17-9-11(13)7-15-2;2*1-10-6-7(9)2-4-11-5-3-8;;/h10-13H,1-9H2;2*7-9H,1-6H2;;/q-2;2*-1;;. The van der Waals surface area contributed by atoms with Crippen LogP contribution < -0.4 is 0 Å². The van der Waals surface area contributed by atoms with E-state index in [2.05, 4.69) is 47.4 Å². The van der Waals surface area contributed by atoms with Gasteiger partial charge in [0, 0.05) is 52.9 Å². The van der Waals surface area contributed by atoms with Crippen LogP contribution in [-0.4, -0.2) is 148 Å². The van der Waals surface area contributed by atoms with E-state index in [1.54, 1.807) is 0 Å². The first-order chi connectivity index (χ1) is 18.8. The smallest absolute Gasteiger partial charge is 0.0976 e. The normalized spacial score (nSPS) is 13.3. The summed E-state index contributed by atoms with van der Waals surface area (Å²) in [7, 11) is 12.6. The summed E-state index contributed by atoms with van der Waals surface area (Å²) in [5, 5.41) is 53.1. The molecule has 0 rings (SSSR count). The maximum absolute atomic E-state index is 9.21. The van der Waals surface area contributed by atoms with Crippen molar-refractivity contribution in [2.75, 3.05) is 92.5 Å². The molecule has 0 heterocycles. The van der Waals surface area contributed by atoms with Crippen molar-refractivity contribution < 1.29 is 68.5 Å². The summed E-state index contributed by atoms with van der Waals surface area (Å²) < 4.78 is 38.1. The molecule has 0 aliphatic rings. The number of aliphatic hydroxyl groups is 6. The Morgan fingerprint density at radius 1 is 0.415 bits per heavy atom. The molecule has 0 saturated carbocycles. The minimum atomic E-state index is -0.649. The van der Waals surface area contributed by atoms with Crippen LogP contribution in [0.2, 0.25) is 0 Å². The minimum absolute atomic E-state index is 0. The second-order valence-electron chi connectivity index (χ2n) is 7.85. The molecular formula is C25H52O14Rf2-4. The third-order valence-electron chi connectivity index (χ3n) is 4.10. The molecule has 0 aliphatic heterocycles. The van der Waals surface area contributed by atoms with Crippen molar-refractivity contribution in [3.63, 3.8) is 0 Å². The van der Waals surface area contributed by atoms with E-state index in [-0.39, 0.29) is 52.9 Å². The fourth-order valence-electron chi connectivity index (χ4n) is 2.28. The topological polar surface area (TPSA) is 195 Å². The monoisotopic (exact) mass is 1110 g/mol. The molecule has 0 saturated heterocycles. The Morgan fingerprint density at radius 3 is 1.02 bits per heavy atom. The third kappa shape index (κ3) is 47.6. The summed E-state index contributed by atoms with van der Waals surface area (Å²) in [5.74, 6) is 0. The molecule has 14 nitrogen and oxygen atoms in total. The summed E-state index contributed by atoms with van der Waals surface area (Å²) >= 11 is 0.